The van der Waals surface area contributed by atoms with Crippen LogP contribution >= 0.6 is 0 Å². The van der Waals surface area contributed by atoms with E-state index >= 15 is 0 Å². The molecule has 2 heterocycles. The molecule has 19 heavy (non-hydrogen) atoms. The fraction of sp³-hybridized carbons (Fsp3) is 0.929. The van der Waals surface area contributed by atoms with Gasteiger partial charge in [-0.25, -0.2) is 0 Å². The summed E-state index contributed by atoms with van der Waals surface area (Å²) in [6, 6.07) is 0.494. The summed E-state index contributed by atoms with van der Waals surface area (Å²) in [7, 11) is 4.32. The van der Waals surface area contributed by atoms with Crippen molar-refractivity contribution >= 4 is 5.91 Å². The van der Waals surface area contributed by atoms with E-state index in [1.165, 1.54) is 0 Å². The third-order valence-corrected chi connectivity index (χ3v) is 4.26. The Bertz CT molecular complexity index is 321. The Kier molecular flexibility index (Phi) is 4.81. The Balaban J connectivity index is 1.87. The molecule has 0 saturated carbocycles. The van der Waals surface area contributed by atoms with Gasteiger partial charge in [0, 0.05) is 32.2 Å². The van der Waals surface area contributed by atoms with Crippen LogP contribution in [0.3, 0.4) is 0 Å². The molecule has 2 unspecified atom stereocenters. The van der Waals surface area contributed by atoms with Crippen molar-refractivity contribution in [3.63, 3.8) is 0 Å². The van der Waals surface area contributed by atoms with Crippen LogP contribution in [0.2, 0.25) is 0 Å². The van der Waals surface area contributed by atoms with E-state index in [0.29, 0.717) is 18.6 Å². The van der Waals surface area contributed by atoms with Gasteiger partial charge in [0.15, 0.2) is 0 Å². The van der Waals surface area contributed by atoms with Gasteiger partial charge in [0.25, 0.3) is 0 Å². The molecular formula is C14H28N4O. The first-order valence-electron chi connectivity index (χ1n) is 7.38. The second kappa shape index (κ2) is 6.20. The standard InChI is InChI=1S/C14H28N4O/c1-11(2)7-13-14(19)18(10-15-13)9-12-8-16(3)5-6-17(12)4/h11-13,15H,5-10H2,1-4H3. The number of hydrogen-bond donors (Lipinski definition) is 1. The number of nitrogens with zero attached hydrogens (tertiary/aromatic N) is 3. The maximum absolute atomic E-state index is 12.3. The van der Waals surface area contributed by atoms with Crippen molar-refractivity contribution in [3.05, 3.63) is 0 Å². The van der Waals surface area contributed by atoms with Crippen molar-refractivity contribution in [2.75, 3.05) is 46.9 Å². The summed E-state index contributed by atoms with van der Waals surface area (Å²) < 4.78 is 0. The summed E-state index contributed by atoms with van der Waals surface area (Å²) in [5.74, 6) is 0.847. The van der Waals surface area contributed by atoms with Gasteiger partial charge in [0.1, 0.15) is 0 Å². The zero-order valence-electron chi connectivity index (χ0n) is 12.7. The van der Waals surface area contributed by atoms with Crippen LogP contribution in [0.5, 0.6) is 0 Å². The molecule has 1 amide bonds. The molecule has 0 spiro atoms. The lowest BCUT2D eigenvalue weighted by atomic mass is 10.0. The number of hydrogen-bond acceptors (Lipinski definition) is 4. The Morgan fingerprint density at radius 2 is 2.05 bits per heavy atom. The molecule has 110 valence electrons. The molecule has 0 aliphatic carbocycles. The largest absolute Gasteiger partial charge is 0.327 e. The first-order valence-corrected chi connectivity index (χ1v) is 7.38. The van der Waals surface area contributed by atoms with Crippen molar-refractivity contribution in [1.29, 1.82) is 0 Å². The lowest BCUT2D eigenvalue weighted by Crippen LogP contribution is -2.54. The molecule has 2 fully saturated rings. The highest BCUT2D eigenvalue weighted by molar-refractivity contribution is 5.83. The van der Waals surface area contributed by atoms with Gasteiger partial charge in [-0.1, -0.05) is 13.8 Å². The van der Waals surface area contributed by atoms with Gasteiger partial charge < -0.3 is 9.80 Å². The summed E-state index contributed by atoms with van der Waals surface area (Å²) in [6.07, 6.45) is 0.940. The van der Waals surface area contributed by atoms with E-state index in [9.17, 15) is 4.79 Å². The summed E-state index contributed by atoms with van der Waals surface area (Å²) in [5, 5.41) is 3.35. The van der Waals surface area contributed by atoms with E-state index in [1.807, 2.05) is 4.90 Å². The van der Waals surface area contributed by atoms with Gasteiger partial charge >= 0.3 is 0 Å². The van der Waals surface area contributed by atoms with Crippen molar-refractivity contribution in [3.8, 4) is 0 Å². The molecule has 0 radical (unpaired) electrons. The minimum atomic E-state index is 0.0339. The second-order valence-corrected chi connectivity index (χ2v) is 6.50. The maximum Gasteiger partial charge on any atom is 0.240 e. The summed E-state index contributed by atoms with van der Waals surface area (Å²) >= 11 is 0. The Hall–Kier alpha value is -0.650. The molecule has 0 aromatic carbocycles. The van der Waals surface area contributed by atoms with E-state index in [0.717, 1.165) is 32.6 Å². The fourth-order valence-corrected chi connectivity index (χ4v) is 2.97. The van der Waals surface area contributed by atoms with Crippen LogP contribution in [-0.2, 0) is 4.79 Å². The van der Waals surface area contributed by atoms with Crippen molar-refractivity contribution in [1.82, 2.24) is 20.0 Å². The zero-order valence-corrected chi connectivity index (χ0v) is 12.7. The quantitative estimate of drug-likeness (QED) is 0.781. The molecule has 2 aliphatic heterocycles. The first-order chi connectivity index (χ1) is 8.97. The average Bonchev–Trinajstić information content (AvgIpc) is 2.66. The minimum absolute atomic E-state index is 0.0339. The predicted octanol–water partition coefficient (Wildman–Crippen LogP) is 0.0362. The summed E-state index contributed by atoms with van der Waals surface area (Å²) in [4.78, 5) is 19.1. The van der Waals surface area contributed by atoms with Gasteiger partial charge in [0.2, 0.25) is 5.91 Å². The molecular weight excluding hydrogens is 240 g/mol. The fourth-order valence-electron chi connectivity index (χ4n) is 2.97. The minimum Gasteiger partial charge on any atom is -0.327 e. The number of amides is 1. The number of rotatable bonds is 4. The van der Waals surface area contributed by atoms with E-state index in [1.54, 1.807) is 0 Å². The van der Waals surface area contributed by atoms with Crippen LogP contribution in [0.25, 0.3) is 0 Å². The van der Waals surface area contributed by atoms with Crippen LogP contribution in [0.4, 0.5) is 0 Å². The highest BCUT2D eigenvalue weighted by Gasteiger charge is 2.34. The van der Waals surface area contributed by atoms with Gasteiger partial charge in [-0.3, -0.25) is 15.0 Å². The predicted molar refractivity (Wildman–Crippen MR) is 76.9 cm³/mol. The van der Waals surface area contributed by atoms with Crippen LogP contribution < -0.4 is 5.32 Å². The molecule has 5 nitrogen and oxygen atoms in total. The van der Waals surface area contributed by atoms with Crippen molar-refractivity contribution < 1.29 is 4.79 Å². The SMILES string of the molecule is CC(C)CC1NCN(CC2CN(C)CCN2C)C1=O. The van der Waals surface area contributed by atoms with Crippen LogP contribution in [0, 0.1) is 5.92 Å². The smallest absolute Gasteiger partial charge is 0.240 e. The Labute approximate surface area is 116 Å². The van der Waals surface area contributed by atoms with Crippen molar-refractivity contribution in [2.24, 2.45) is 5.92 Å². The molecule has 2 atom stereocenters. The van der Waals surface area contributed by atoms with Crippen LogP contribution in [0.15, 0.2) is 0 Å². The molecule has 0 bridgehead atoms. The van der Waals surface area contributed by atoms with Gasteiger partial charge in [-0.2, -0.15) is 0 Å². The Morgan fingerprint density at radius 3 is 2.74 bits per heavy atom. The van der Waals surface area contributed by atoms with E-state index < -0.39 is 0 Å². The topological polar surface area (TPSA) is 38.8 Å². The zero-order chi connectivity index (χ0) is 14.0. The highest BCUT2D eigenvalue weighted by atomic mass is 16.2. The molecule has 0 aromatic heterocycles. The number of piperazine rings is 1. The molecule has 2 saturated heterocycles. The van der Waals surface area contributed by atoms with Crippen molar-refractivity contribution in [2.45, 2.75) is 32.4 Å². The summed E-state index contributed by atoms with van der Waals surface area (Å²) in [6.45, 7) is 9.16. The molecule has 2 aliphatic rings. The molecule has 1 N–H and O–H groups in total. The number of likely N-dealkylation sites (N-methyl/N-ethyl adjacent to an activating group) is 2. The number of carbonyl (C=O) groups is 1. The second-order valence-electron chi connectivity index (χ2n) is 6.50. The van der Waals surface area contributed by atoms with Crippen LogP contribution in [-0.4, -0.2) is 79.6 Å². The van der Waals surface area contributed by atoms with Gasteiger partial charge in [0.05, 0.1) is 12.7 Å². The third kappa shape index (κ3) is 3.68. The monoisotopic (exact) mass is 268 g/mol. The highest BCUT2D eigenvalue weighted by Crippen LogP contribution is 2.15. The summed E-state index contributed by atoms with van der Waals surface area (Å²) in [5.41, 5.74) is 0. The maximum atomic E-state index is 12.3. The lowest BCUT2D eigenvalue weighted by Gasteiger charge is -2.39. The Morgan fingerprint density at radius 1 is 1.32 bits per heavy atom. The van der Waals surface area contributed by atoms with E-state index in [4.69, 9.17) is 0 Å². The number of carbonyl (C=O) groups excluding carboxylic acids is 1. The number of nitrogens with one attached hydrogen (secondary N) is 1. The molecule has 2 rings (SSSR count). The van der Waals surface area contributed by atoms with Gasteiger partial charge in [-0.15, -0.1) is 0 Å². The van der Waals surface area contributed by atoms with Crippen LogP contribution in [0.1, 0.15) is 20.3 Å². The van der Waals surface area contributed by atoms with E-state index in [2.05, 4.69) is 43.1 Å². The average molecular weight is 268 g/mol. The van der Waals surface area contributed by atoms with E-state index in [-0.39, 0.29) is 11.9 Å². The van der Waals surface area contributed by atoms with Gasteiger partial charge in [-0.05, 0) is 26.4 Å². The lowest BCUT2D eigenvalue weighted by molar-refractivity contribution is -0.130. The molecule has 0 aromatic rings. The third-order valence-electron chi connectivity index (χ3n) is 4.26. The molecule has 5 heteroatoms. The first kappa shape index (κ1) is 14.8. The normalized spacial score (nSPS) is 30.6.